The molecule has 1 aromatic carbocycles. The Bertz CT molecular complexity index is 991. The first kappa shape index (κ1) is 16.2. The minimum absolute atomic E-state index is 0.561. The van der Waals surface area contributed by atoms with Crippen LogP contribution in [0.4, 0.5) is 11.8 Å². The molecule has 6 nitrogen and oxygen atoms in total. The van der Waals surface area contributed by atoms with Crippen molar-refractivity contribution in [1.29, 1.82) is 0 Å². The van der Waals surface area contributed by atoms with Crippen molar-refractivity contribution in [3.05, 3.63) is 71.9 Å². The molecule has 0 radical (unpaired) electrons. The number of fused-ring (bicyclic) bond motifs is 1. The van der Waals surface area contributed by atoms with Crippen LogP contribution in [0.15, 0.2) is 59.3 Å². The van der Waals surface area contributed by atoms with E-state index in [0.29, 0.717) is 12.5 Å². The summed E-state index contributed by atoms with van der Waals surface area (Å²) in [6.07, 6.45) is 4.65. The van der Waals surface area contributed by atoms with Gasteiger partial charge in [-0.3, -0.25) is 0 Å². The number of benzene rings is 1. The van der Waals surface area contributed by atoms with Crippen molar-refractivity contribution in [2.75, 3.05) is 17.2 Å². The molecule has 26 heavy (non-hydrogen) atoms. The minimum atomic E-state index is 0.561. The molecule has 0 aliphatic rings. The highest BCUT2D eigenvalue weighted by Crippen LogP contribution is 2.18. The predicted molar refractivity (Wildman–Crippen MR) is 103 cm³/mol. The van der Waals surface area contributed by atoms with Gasteiger partial charge in [0.15, 0.2) is 0 Å². The number of H-pyrrole nitrogens is 1. The molecule has 0 saturated carbocycles. The first-order valence-electron chi connectivity index (χ1n) is 8.69. The summed E-state index contributed by atoms with van der Waals surface area (Å²) >= 11 is 0. The quantitative estimate of drug-likeness (QED) is 0.468. The van der Waals surface area contributed by atoms with Gasteiger partial charge in [0.05, 0.1) is 12.8 Å². The zero-order valence-electron chi connectivity index (χ0n) is 14.6. The molecule has 0 atom stereocenters. The molecule has 0 aliphatic heterocycles. The van der Waals surface area contributed by atoms with Crippen LogP contribution in [0.3, 0.4) is 0 Å². The second-order valence-electron chi connectivity index (χ2n) is 6.19. The summed E-state index contributed by atoms with van der Waals surface area (Å²) in [6, 6.07) is 14.1. The highest BCUT2D eigenvalue weighted by molar-refractivity contribution is 5.83. The van der Waals surface area contributed by atoms with Crippen molar-refractivity contribution in [1.82, 2.24) is 15.0 Å². The van der Waals surface area contributed by atoms with Crippen LogP contribution in [-0.2, 0) is 13.0 Å². The van der Waals surface area contributed by atoms with Crippen molar-refractivity contribution in [3.63, 3.8) is 0 Å². The van der Waals surface area contributed by atoms with Crippen LogP contribution in [0.5, 0.6) is 0 Å². The largest absolute Gasteiger partial charge is 0.467 e. The molecule has 0 amide bonds. The summed E-state index contributed by atoms with van der Waals surface area (Å²) in [5.41, 5.74) is 3.39. The molecule has 0 aliphatic carbocycles. The van der Waals surface area contributed by atoms with Gasteiger partial charge in [0.1, 0.15) is 11.6 Å². The molecule has 3 aromatic heterocycles. The van der Waals surface area contributed by atoms with Crippen molar-refractivity contribution < 1.29 is 4.42 Å². The fourth-order valence-corrected chi connectivity index (χ4v) is 2.98. The molecule has 4 aromatic rings. The summed E-state index contributed by atoms with van der Waals surface area (Å²) < 4.78 is 5.32. The SMILES string of the molecule is Cc1cc(NCCc2c[nH]c3ccccc23)nc(NCc2ccco2)n1. The van der Waals surface area contributed by atoms with Gasteiger partial charge >= 0.3 is 0 Å². The number of hydrogen-bond donors (Lipinski definition) is 3. The van der Waals surface area contributed by atoms with E-state index >= 15 is 0 Å². The number of nitrogens with one attached hydrogen (secondary N) is 3. The molecular formula is C20H21N5O. The first-order chi connectivity index (χ1) is 12.8. The number of aryl methyl sites for hydroxylation is 1. The lowest BCUT2D eigenvalue weighted by atomic mass is 10.1. The number of rotatable bonds is 7. The number of anilines is 2. The smallest absolute Gasteiger partial charge is 0.225 e. The Kier molecular flexibility index (Phi) is 4.55. The highest BCUT2D eigenvalue weighted by Gasteiger charge is 2.05. The summed E-state index contributed by atoms with van der Waals surface area (Å²) in [5, 5.41) is 7.86. The number of aromatic nitrogens is 3. The lowest BCUT2D eigenvalue weighted by Gasteiger charge is -2.09. The maximum absolute atomic E-state index is 5.32. The number of aromatic amines is 1. The molecule has 0 unspecified atom stereocenters. The van der Waals surface area contributed by atoms with E-state index < -0.39 is 0 Å². The first-order valence-corrected chi connectivity index (χ1v) is 8.69. The topological polar surface area (TPSA) is 78.8 Å². The Morgan fingerprint density at radius 2 is 2.00 bits per heavy atom. The van der Waals surface area contributed by atoms with Crippen molar-refractivity contribution in [2.24, 2.45) is 0 Å². The van der Waals surface area contributed by atoms with Crippen LogP contribution in [0.2, 0.25) is 0 Å². The van der Waals surface area contributed by atoms with E-state index in [4.69, 9.17) is 4.42 Å². The molecule has 0 bridgehead atoms. The van der Waals surface area contributed by atoms with Gasteiger partial charge in [-0.2, -0.15) is 4.98 Å². The van der Waals surface area contributed by atoms with E-state index in [0.717, 1.165) is 30.2 Å². The van der Waals surface area contributed by atoms with E-state index in [9.17, 15) is 0 Å². The normalized spacial score (nSPS) is 11.0. The molecule has 4 rings (SSSR count). The monoisotopic (exact) mass is 347 g/mol. The summed E-state index contributed by atoms with van der Waals surface area (Å²) in [7, 11) is 0. The van der Waals surface area contributed by atoms with E-state index in [-0.39, 0.29) is 0 Å². The molecule has 3 N–H and O–H groups in total. The molecule has 6 heteroatoms. The van der Waals surface area contributed by atoms with Crippen molar-refractivity contribution in [2.45, 2.75) is 19.9 Å². The Morgan fingerprint density at radius 1 is 1.08 bits per heavy atom. The predicted octanol–water partition coefficient (Wildman–Crippen LogP) is 4.13. The number of furan rings is 1. The van der Waals surface area contributed by atoms with E-state index in [1.807, 2.05) is 31.2 Å². The maximum Gasteiger partial charge on any atom is 0.225 e. The Hall–Kier alpha value is -3.28. The number of hydrogen-bond acceptors (Lipinski definition) is 5. The Balaban J connectivity index is 1.38. The molecule has 3 heterocycles. The fourth-order valence-electron chi connectivity index (χ4n) is 2.98. The molecule has 132 valence electrons. The van der Waals surface area contributed by atoms with Gasteiger partial charge in [-0.15, -0.1) is 0 Å². The Morgan fingerprint density at radius 3 is 2.88 bits per heavy atom. The van der Waals surface area contributed by atoms with Gasteiger partial charge in [-0.1, -0.05) is 18.2 Å². The van der Waals surface area contributed by atoms with Crippen LogP contribution in [-0.4, -0.2) is 21.5 Å². The van der Waals surface area contributed by atoms with E-state index in [1.165, 1.54) is 16.5 Å². The van der Waals surface area contributed by atoms with E-state index in [2.05, 4.69) is 50.0 Å². The third-order valence-corrected chi connectivity index (χ3v) is 4.23. The van der Waals surface area contributed by atoms with Crippen LogP contribution >= 0.6 is 0 Å². The van der Waals surface area contributed by atoms with E-state index in [1.54, 1.807) is 6.26 Å². The average molecular weight is 347 g/mol. The lowest BCUT2D eigenvalue weighted by Crippen LogP contribution is -2.10. The maximum atomic E-state index is 5.32. The van der Waals surface area contributed by atoms with Gasteiger partial charge in [0.25, 0.3) is 0 Å². The van der Waals surface area contributed by atoms with Crippen LogP contribution < -0.4 is 10.6 Å². The van der Waals surface area contributed by atoms with Crippen molar-refractivity contribution >= 4 is 22.7 Å². The van der Waals surface area contributed by atoms with Gasteiger partial charge in [-0.25, -0.2) is 4.98 Å². The van der Waals surface area contributed by atoms with Crippen molar-refractivity contribution in [3.8, 4) is 0 Å². The van der Waals surface area contributed by atoms with Gasteiger partial charge in [0.2, 0.25) is 5.95 Å². The zero-order chi connectivity index (χ0) is 17.8. The lowest BCUT2D eigenvalue weighted by molar-refractivity contribution is 0.517. The third kappa shape index (κ3) is 3.69. The molecule has 0 spiro atoms. The second-order valence-corrected chi connectivity index (χ2v) is 6.19. The van der Waals surface area contributed by atoms with Gasteiger partial charge in [0, 0.05) is 35.4 Å². The minimum Gasteiger partial charge on any atom is -0.467 e. The molecular weight excluding hydrogens is 326 g/mol. The summed E-state index contributed by atoms with van der Waals surface area (Å²) in [5.74, 6) is 2.26. The average Bonchev–Trinajstić information content (AvgIpc) is 3.30. The highest BCUT2D eigenvalue weighted by atomic mass is 16.3. The van der Waals surface area contributed by atoms with Crippen LogP contribution in [0.1, 0.15) is 17.0 Å². The fraction of sp³-hybridized carbons (Fsp3) is 0.200. The second kappa shape index (κ2) is 7.31. The van der Waals surface area contributed by atoms with Gasteiger partial charge in [-0.05, 0) is 37.1 Å². The molecule has 0 saturated heterocycles. The standard InChI is InChI=1S/C20H21N5O/c1-14-11-19(25-20(24-14)23-13-16-5-4-10-26-16)21-9-8-15-12-22-18-7-3-2-6-17(15)18/h2-7,10-12,22H,8-9,13H2,1H3,(H2,21,23,24,25). The number of para-hydroxylation sites is 1. The Labute approximate surface area is 151 Å². The van der Waals surface area contributed by atoms with Crippen LogP contribution in [0, 0.1) is 6.92 Å². The molecule has 0 fully saturated rings. The third-order valence-electron chi connectivity index (χ3n) is 4.23. The number of nitrogens with zero attached hydrogens (tertiary/aromatic N) is 2. The summed E-state index contributed by atoms with van der Waals surface area (Å²) in [4.78, 5) is 12.3. The zero-order valence-corrected chi connectivity index (χ0v) is 14.6. The summed E-state index contributed by atoms with van der Waals surface area (Å²) in [6.45, 7) is 3.33. The van der Waals surface area contributed by atoms with Crippen LogP contribution in [0.25, 0.3) is 10.9 Å². The van der Waals surface area contributed by atoms with Gasteiger partial charge < -0.3 is 20.0 Å².